The number of benzene rings is 1. The maximum atomic E-state index is 13.2. The van der Waals surface area contributed by atoms with Crippen LogP contribution in [-0.4, -0.2) is 18.1 Å². The summed E-state index contributed by atoms with van der Waals surface area (Å²) in [5.41, 5.74) is 9.77. The Balaban J connectivity index is 2.30. The molecule has 0 saturated carbocycles. The second-order valence-corrected chi connectivity index (χ2v) is 4.66. The van der Waals surface area contributed by atoms with Gasteiger partial charge in [0.05, 0.1) is 12.1 Å². The van der Waals surface area contributed by atoms with Gasteiger partial charge >= 0.3 is 0 Å². The van der Waals surface area contributed by atoms with E-state index in [1.807, 2.05) is 0 Å². The monoisotopic (exact) mass is 272 g/mol. The number of hydrogen-bond donors (Lipinski definition) is 2. The van der Waals surface area contributed by atoms with Gasteiger partial charge in [0.25, 0.3) is 0 Å². The Kier molecular flexibility index (Phi) is 5.23. The molecule has 1 rings (SSSR count). The molecule has 1 atom stereocenters. The van der Waals surface area contributed by atoms with Crippen molar-refractivity contribution in [2.45, 2.75) is 31.7 Å². The molecule has 1 unspecified atom stereocenters. The fourth-order valence-electron chi connectivity index (χ4n) is 1.49. The van der Waals surface area contributed by atoms with Crippen LogP contribution in [0.1, 0.15) is 26.2 Å². The molecule has 106 valence electrons. The number of rotatable bonds is 7. The zero-order valence-corrected chi connectivity index (χ0v) is 10.8. The van der Waals surface area contributed by atoms with E-state index in [9.17, 15) is 13.6 Å². The molecule has 1 aromatic rings. The molecular weight excluding hydrogens is 254 g/mol. The normalized spacial score (nSPS) is 13.9. The molecule has 6 heteroatoms. The largest absolute Gasteiger partial charge is 0.491 e. The summed E-state index contributed by atoms with van der Waals surface area (Å²) in [7, 11) is 0. The lowest BCUT2D eigenvalue weighted by molar-refractivity contribution is -0.122. The highest BCUT2D eigenvalue weighted by atomic mass is 19.1. The van der Waals surface area contributed by atoms with E-state index >= 15 is 0 Å². The quantitative estimate of drug-likeness (QED) is 0.742. The molecule has 19 heavy (non-hydrogen) atoms. The van der Waals surface area contributed by atoms with Crippen LogP contribution < -0.4 is 16.2 Å². The molecule has 1 amide bonds. The van der Waals surface area contributed by atoms with Crippen LogP contribution in [-0.2, 0) is 4.79 Å². The van der Waals surface area contributed by atoms with Gasteiger partial charge in [-0.15, -0.1) is 0 Å². The predicted molar refractivity (Wildman–Crippen MR) is 67.5 cm³/mol. The molecule has 0 spiro atoms. The van der Waals surface area contributed by atoms with Gasteiger partial charge in [0.15, 0.2) is 11.6 Å². The van der Waals surface area contributed by atoms with E-state index in [1.165, 1.54) is 6.07 Å². The van der Waals surface area contributed by atoms with Gasteiger partial charge in [-0.25, -0.2) is 8.78 Å². The van der Waals surface area contributed by atoms with Gasteiger partial charge in [-0.1, -0.05) is 0 Å². The van der Waals surface area contributed by atoms with Crippen molar-refractivity contribution in [3.63, 3.8) is 0 Å². The fourth-order valence-corrected chi connectivity index (χ4v) is 1.49. The zero-order chi connectivity index (χ0) is 14.5. The number of carbonyl (C=O) groups excluding carboxylic acids is 1. The first-order valence-corrected chi connectivity index (χ1v) is 5.99. The summed E-state index contributed by atoms with van der Waals surface area (Å²) in [6.45, 7) is 1.83. The third kappa shape index (κ3) is 4.82. The summed E-state index contributed by atoms with van der Waals surface area (Å²) in [5.74, 6) is -1.93. The van der Waals surface area contributed by atoms with E-state index in [1.54, 1.807) is 6.92 Å². The highest BCUT2D eigenvalue weighted by Gasteiger charge is 2.24. The lowest BCUT2D eigenvalue weighted by Crippen LogP contribution is -2.49. The number of ether oxygens (including phenoxy) is 1. The van der Waals surface area contributed by atoms with Crippen molar-refractivity contribution < 1.29 is 18.3 Å². The number of amides is 1. The summed E-state index contributed by atoms with van der Waals surface area (Å²) in [4.78, 5) is 11.0. The lowest BCUT2D eigenvalue weighted by Gasteiger charge is -2.19. The number of nitrogens with two attached hydrogens (primary N) is 2. The molecule has 4 N–H and O–H groups in total. The second kappa shape index (κ2) is 6.47. The van der Waals surface area contributed by atoms with Crippen molar-refractivity contribution >= 4 is 5.91 Å². The van der Waals surface area contributed by atoms with Gasteiger partial charge in [-0.05, 0) is 38.3 Å². The Morgan fingerprint density at radius 2 is 2.05 bits per heavy atom. The Hall–Kier alpha value is -1.69. The standard InChI is InChI=1S/C13H18F2N2O2/c1-13(17,12(16)18)6-2-3-7-19-11-5-4-9(14)8-10(11)15/h4-5,8H,2-3,6-7,17H2,1H3,(H2,16,18). The number of unbranched alkanes of at least 4 members (excludes halogenated alkanes) is 1. The van der Waals surface area contributed by atoms with Crippen molar-refractivity contribution in [1.29, 1.82) is 0 Å². The van der Waals surface area contributed by atoms with Crippen molar-refractivity contribution in [2.24, 2.45) is 11.5 Å². The summed E-state index contributed by atoms with van der Waals surface area (Å²) >= 11 is 0. The van der Waals surface area contributed by atoms with Gasteiger partial charge < -0.3 is 16.2 Å². The average Bonchev–Trinajstić information content (AvgIpc) is 2.31. The van der Waals surface area contributed by atoms with Crippen LogP contribution in [0.5, 0.6) is 5.75 Å². The second-order valence-electron chi connectivity index (χ2n) is 4.66. The van der Waals surface area contributed by atoms with Gasteiger partial charge in [0.2, 0.25) is 5.91 Å². The molecule has 0 aliphatic carbocycles. The highest BCUT2D eigenvalue weighted by molar-refractivity contribution is 5.83. The molecular formula is C13H18F2N2O2. The van der Waals surface area contributed by atoms with Gasteiger partial charge in [-0.2, -0.15) is 0 Å². The Morgan fingerprint density at radius 1 is 1.37 bits per heavy atom. The van der Waals surface area contributed by atoms with Crippen LogP contribution in [0, 0.1) is 11.6 Å². The van der Waals surface area contributed by atoms with Crippen molar-refractivity contribution in [3.8, 4) is 5.75 Å². The number of halogens is 2. The molecule has 0 radical (unpaired) electrons. The number of hydrogen-bond acceptors (Lipinski definition) is 3. The SMILES string of the molecule is CC(N)(CCCCOc1ccc(F)cc1F)C(N)=O. The third-order valence-electron chi connectivity index (χ3n) is 2.80. The van der Waals surface area contributed by atoms with E-state index in [0.29, 0.717) is 19.3 Å². The van der Waals surface area contributed by atoms with Crippen molar-refractivity contribution in [2.75, 3.05) is 6.61 Å². The lowest BCUT2D eigenvalue weighted by atomic mass is 9.96. The Labute approximate surface area is 110 Å². The summed E-state index contributed by atoms with van der Waals surface area (Å²) in [6, 6.07) is 3.13. The molecule has 0 saturated heterocycles. The van der Waals surface area contributed by atoms with E-state index in [4.69, 9.17) is 16.2 Å². The van der Waals surface area contributed by atoms with Crippen LogP contribution in [0.15, 0.2) is 18.2 Å². The summed E-state index contributed by atoms with van der Waals surface area (Å²) in [5, 5.41) is 0. The first kappa shape index (κ1) is 15.4. The molecule has 4 nitrogen and oxygen atoms in total. The maximum absolute atomic E-state index is 13.2. The van der Waals surface area contributed by atoms with E-state index in [2.05, 4.69) is 0 Å². The molecule has 0 aliphatic heterocycles. The van der Waals surface area contributed by atoms with Crippen LogP contribution in [0.3, 0.4) is 0 Å². The highest BCUT2D eigenvalue weighted by Crippen LogP contribution is 2.18. The minimum absolute atomic E-state index is 0.00631. The molecule has 1 aromatic carbocycles. The number of primary amides is 1. The summed E-state index contributed by atoms with van der Waals surface area (Å²) < 4.78 is 31.0. The van der Waals surface area contributed by atoms with Crippen molar-refractivity contribution in [3.05, 3.63) is 29.8 Å². The molecule has 0 fully saturated rings. The Bertz CT molecular complexity index is 450. The first-order chi connectivity index (χ1) is 8.83. The van der Waals surface area contributed by atoms with Crippen LogP contribution in [0.4, 0.5) is 8.78 Å². The predicted octanol–water partition coefficient (Wildman–Crippen LogP) is 1.72. The van der Waals surface area contributed by atoms with E-state index in [0.717, 1.165) is 12.1 Å². The third-order valence-corrected chi connectivity index (χ3v) is 2.80. The fraction of sp³-hybridized carbons (Fsp3) is 0.462. The van der Waals surface area contributed by atoms with Gasteiger partial charge in [0, 0.05) is 6.07 Å². The van der Waals surface area contributed by atoms with E-state index in [-0.39, 0.29) is 12.4 Å². The number of carbonyl (C=O) groups is 1. The van der Waals surface area contributed by atoms with Crippen LogP contribution in [0.25, 0.3) is 0 Å². The maximum Gasteiger partial charge on any atom is 0.237 e. The van der Waals surface area contributed by atoms with E-state index < -0.39 is 23.1 Å². The molecule has 0 heterocycles. The minimum atomic E-state index is -1.04. The molecule has 0 bridgehead atoms. The van der Waals surface area contributed by atoms with Crippen LogP contribution >= 0.6 is 0 Å². The van der Waals surface area contributed by atoms with Gasteiger partial charge in [0.1, 0.15) is 5.82 Å². The van der Waals surface area contributed by atoms with Crippen molar-refractivity contribution in [1.82, 2.24) is 0 Å². The first-order valence-electron chi connectivity index (χ1n) is 5.99. The minimum Gasteiger partial charge on any atom is -0.491 e. The topological polar surface area (TPSA) is 78.3 Å². The summed E-state index contributed by atoms with van der Waals surface area (Å²) in [6.07, 6.45) is 1.65. The molecule has 0 aromatic heterocycles. The van der Waals surface area contributed by atoms with Crippen LogP contribution in [0.2, 0.25) is 0 Å². The van der Waals surface area contributed by atoms with Gasteiger partial charge in [-0.3, -0.25) is 4.79 Å². The average molecular weight is 272 g/mol. The Morgan fingerprint density at radius 3 is 2.63 bits per heavy atom. The zero-order valence-electron chi connectivity index (χ0n) is 10.8. The smallest absolute Gasteiger partial charge is 0.237 e. The molecule has 0 aliphatic rings.